The lowest BCUT2D eigenvalue weighted by Crippen LogP contribution is -2.44. The highest BCUT2D eigenvalue weighted by Gasteiger charge is 2.29. The summed E-state index contributed by atoms with van der Waals surface area (Å²) in [5, 5.41) is 13.2. The first-order valence-corrected chi connectivity index (χ1v) is 7.87. The molecule has 9 heteroatoms. The van der Waals surface area contributed by atoms with Crippen molar-refractivity contribution in [2.45, 2.75) is 18.9 Å². The number of hydrogen-bond donors (Lipinski definition) is 0. The first kappa shape index (κ1) is 16.7. The van der Waals surface area contributed by atoms with E-state index in [1.165, 1.54) is 19.5 Å². The van der Waals surface area contributed by atoms with Gasteiger partial charge in [0, 0.05) is 32.2 Å². The Morgan fingerprint density at radius 3 is 2.92 bits per heavy atom. The van der Waals surface area contributed by atoms with E-state index in [1.807, 2.05) is 6.07 Å². The number of likely N-dealkylation sites (tertiary alicyclic amines) is 1. The Morgan fingerprint density at radius 1 is 1.36 bits per heavy atom. The average Bonchev–Trinajstić information content (AvgIpc) is 3.02. The summed E-state index contributed by atoms with van der Waals surface area (Å²) in [6.45, 7) is 1.03. The van der Waals surface area contributed by atoms with Crippen molar-refractivity contribution in [3.63, 3.8) is 0 Å². The zero-order chi connectivity index (χ0) is 17.8. The molecule has 9 nitrogen and oxygen atoms in total. The van der Waals surface area contributed by atoms with E-state index in [9.17, 15) is 4.79 Å². The first-order valence-electron chi connectivity index (χ1n) is 7.87. The summed E-state index contributed by atoms with van der Waals surface area (Å²) in [4.78, 5) is 22.5. The van der Waals surface area contributed by atoms with Crippen molar-refractivity contribution in [1.82, 2.24) is 24.6 Å². The van der Waals surface area contributed by atoms with Gasteiger partial charge in [-0.05, 0) is 12.8 Å². The van der Waals surface area contributed by atoms with E-state index in [-0.39, 0.29) is 23.6 Å². The normalized spacial score (nSPS) is 17.0. The number of hydrogen-bond acceptors (Lipinski definition) is 7. The van der Waals surface area contributed by atoms with Crippen LogP contribution in [0.5, 0.6) is 11.8 Å². The zero-order valence-electron chi connectivity index (χ0n) is 14.0. The number of aryl methyl sites for hydroxylation is 1. The quantitative estimate of drug-likeness (QED) is 0.808. The molecule has 1 fully saturated rings. The minimum absolute atomic E-state index is 0.139. The maximum absolute atomic E-state index is 12.8. The van der Waals surface area contributed by atoms with Gasteiger partial charge in [-0.1, -0.05) is 0 Å². The second kappa shape index (κ2) is 7.17. The molecule has 1 atom stereocenters. The van der Waals surface area contributed by atoms with E-state index in [2.05, 4.69) is 15.1 Å². The number of methoxy groups -OCH3 is 1. The lowest BCUT2D eigenvalue weighted by molar-refractivity contribution is 0.0523. The third-order valence-corrected chi connectivity index (χ3v) is 3.93. The molecule has 0 aliphatic carbocycles. The van der Waals surface area contributed by atoms with Crippen LogP contribution in [0.2, 0.25) is 0 Å². The average molecular weight is 342 g/mol. The highest BCUT2D eigenvalue weighted by atomic mass is 16.5. The molecule has 2 aromatic rings. The molecule has 0 N–H and O–H groups in total. The van der Waals surface area contributed by atoms with Gasteiger partial charge in [0.2, 0.25) is 11.6 Å². The fourth-order valence-electron chi connectivity index (χ4n) is 2.80. The maximum Gasteiger partial charge on any atom is 0.261 e. The van der Waals surface area contributed by atoms with Crippen LogP contribution in [0.15, 0.2) is 18.6 Å². The lowest BCUT2D eigenvalue weighted by Gasteiger charge is -2.32. The molecule has 130 valence electrons. The van der Waals surface area contributed by atoms with Gasteiger partial charge >= 0.3 is 0 Å². The molecular formula is C16H18N6O3. The van der Waals surface area contributed by atoms with E-state index in [0.29, 0.717) is 24.5 Å². The highest BCUT2D eigenvalue weighted by molar-refractivity contribution is 5.96. The molecule has 0 radical (unpaired) electrons. The second-order valence-corrected chi connectivity index (χ2v) is 5.68. The number of aromatic nitrogens is 4. The SMILES string of the molecule is COc1nn(C)cc1C(=O)N1CCCC(Oc2nccnc2C#N)C1. The van der Waals surface area contributed by atoms with Crippen molar-refractivity contribution >= 4 is 5.91 Å². The number of nitriles is 1. The summed E-state index contributed by atoms with van der Waals surface area (Å²) >= 11 is 0. The second-order valence-electron chi connectivity index (χ2n) is 5.68. The van der Waals surface area contributed by atoms with Crippen LogP contribution in [0.3, 0.4) is 0 Å². The van der Waals surface area contributed by atoms with Crippen LogP contribution in [-0.4, -0.2) is 56.9 Å². The number of amides is 1. The summed E-state index contributed by atoms with van der Waals surface area (Å²) in [5.74, 6) is 0.345. The minimum atomic E-state index is -0.246. The monoisotopic (exact) mass is 342 g/mol. The molecule has 1 aliphatic rings. The Kier molecular flexibility index (Phi) is 4.79. The smallest absolute Gasteiger partial charge is 0.261 e. The van der Waals surface area contributed by atoms with Gasteiger partial charge in [0.05, 0.1) is 13.7 Å². The summed E-state index contributed by atoms with van der Waals surface area (Å²) < 4.78 is 12.5. The fourth-order valence-corrected chi connectivity index (χ4v) is 2.80. The number of nitrogens with zero attached hydrogens (tertiary/aromatic N) is 6. The predicted octanol–water partition coefficient (Wildman–Crippen LogP) is 0.774. The number of carbonyl (C=O) groups is 1. The van der Waals surface area contributed by atoms with E-state index >= 15 is 0 Å². The van der Waals surface area contributed by atoms with Crippen molar-refractivity contribution in [1.29, 1.82) is 5.26 Å². The molecule has 0 bridgehead atoms. The molecule has 2 aromatic heterocycles. The molecule has 3 heterocycles. The molecule has 3 rings (SSSR count). The Bertz CT molecular complexity index is 812. The summed E-state index contributed by atoms with van der Waals surface area (Å²) in [6, 6.07) is 1.96. The Hall–Kier alpha value is -3.15. The van der Waals surface area contributed by atoms with Crippen LogP contribution in [0, 0.1) is 11.3 Å². The molecule has 1 aliphatic heterocycles. The van der Waals surface area contributed by atoms with E-state index in [0.717, 1.165) is 12.8 Å². The van der Waals surface area contributed by atoms with Crippen molar-refractivity contribution in [2.24, 2.45) is 7.05 Å². The summed E-state index contributed by atoms with van der Waals surface area (Å²) in [7, 11) is 3.22. The van der Waals surface area contributed by atoms with Crippen molar-refractivity contribution in [2.75, 3.05) is 20.2 Å². The van der Waals surface area contributed by atoms with Gasteiger partial charge in [-0.15, -0.1) is 5.10 Å². The predicted molar refractivity (Wildman–Crippen MR) is 86.1 cm³/mol. The maximum atomic E-state index is 12.8. The summed E-state index contributed by atoms with van der Waals surface area (Å²) in [5.41, 5.74) is 0.558. The largest absolute Gasteiger partial charge is 0.479 e. The van der Waals surface area contributed by atoms with E-state index in [1.54, 1.807) is 22.8 Å². The number of ether oxygens (including phenoxy) is 2. The zero-order valence-corrected chi connectivity index (χ0v) is 14.0. The van der Waals surface area contributed by atoms with Crippen LogP contribution in [0.1, 0.15) is 28.9 Å². The lowest BCUT2D eigenvalue weighted by atomic mass is 10.1. The summed E-state index contributed by atoms with van der Waals surface area (Å²) in [6.07, 6.45) is 5.88. The molecule has 1 unspecified atom stereocenters. The molecule has 0 spiro atoms. The van der Waals surface area contributed by atoms with Crippen LogP contribution < -0.4 is 9.47 Å². The number of piperidine rings is 1. The fraction of sp³-hybridized carbons (Fsp3) is 0.438. The first-order chi connectivity index (χ1) is 12.1. The molecule has 25 heavy (non-hydrogen) atoms. The van der Waals surface area contributed by atoms with Gasteiger partial charge in [0.25, 0.3) is 11.8 Å². The molecule has 0 aromatic carbocycles. The topological polar surface area (TPSA) is 106 Å². The minimum Gasteiger partial charge on any atom is -0.479 e. The molecule has 0 saturated carbocycles. The molecular weight excluding hydrogens is 324 g/mol. The Labute approximate surface area is 144 Å². The van der Waals surface area contributed by atoms with Gasteiger partial charge in [-0.2, -0.15) is 5.26 Å². The standard InChI is InChI=1S/C16H18N6O3/c1-21-10-12(14(20-21)24-2)16(23)22-7-3-4-11(9-22)25-15-13(8-17)18-5-6-19-15/h5-6,10-11H,3-4,7,9H2,1-2H3. The third-order valence-electron chi connectivity index (χ3n) is 3.93. The number of rotatable bonds is 4. The Morgan fingerprint density at radius 2 is 2.16 bits per heavy atom. The van der Waals surface area contributed by atoms with Crippen LogP contribution in [0.25, 0.3) is 0 Å². The van der Waals surface area contributed by atoms with E-state index < -0.39 is 0 Å². The van der Waals surface area contributed by atoms with Gasteiger partial charge in [-0.25, -0.2) is 9.97 Å². The molecule has 1 saturated heterocycles. The molecule has 1 amide bonds. The van der Waals surface area contributed by atoms with Gasteiger partial charge in [0.15, 0.2) is 0 Å². The van der Waals surface area contributed by atoms with Crippen LogP contribution in [0.4, 0.5) is 0 Å². The number of carbonyl (C=O) groups excluding carboxylic acids is 1. The van der Waals surface area contributed by atoms with Crippen LogP contribution >= 0.6 is 0 Å². The Balaban J connectivity index is 1.73. The van der Waals surface area contributed by atoms with Crippen molar-refractivity contribution in [3.05, 3.63) is 29.8 Å². The van der Waals surface area contributed by atoms with Crippen molar-refractivity contribution in [3.8, 4) is 17.8 Å². The van der Waals surface area contributed by atoms with Gasteiger partial charge < -0.3 is 14.4 Å². The van der Waals surface area contributed by atoms with Crippen LogP contribution in [-0.2, 0) is 7.05 Å². The highest BCUT2D eigenvalue weighted by Crippen LogP contribution is 2.22. The van der Waals surface area contributed by atoms with Gasteiger partial charge in [0.1, 0.15) is 17.7 Å². The van der Waals surface area contributed by atoms with Gasteiger partial charge in [-0.3, -0.25) is 9.48 Å². The van der Waals surface area contributed by atoms with Crippen molar-refractivity contribution < 1.29 is 14.3 Å². The van der Waals surface area contributed by atoms with E-state index in [4.69, 9.17) is 14.7 Å². The third kappa shape index (κ3) is 3.52.